The van der Waals surface area contributed by atoms with Crippen LogP contribution >= 0.6 is 0 Å². The summed E-state index contributed by atoms with van der Waals surface area (Å²) in [4.78, 5) is 24.7. The minimum Gasteiger partial charge on any atom is -0.497 e. The van der Waals surface area contributed by atoms with Crippen molar-refractivity contribution in [2.24, 2.45) is 0 Å². The largest absolute Gasteiger partial charge is 0.497 e. The highest BCUT2D eigenvalue weighted by molar-refractivity contribution is 5.92. The quantitative estimate of drug-likeness (QED) is 0.284. The molecule has 0 atom stereocenters. The Balaban J connectivity index is 2.14. The molecule has 33 heavy (non-hydrogen) atoms. The zero-order valence-electron chi connectivity index (χ0n) is 20.5. The molecule has 0 aliphatic heterocycles. The Labute approximate surface area is 197 Å². The van der Waals surface area contributed by atoms with Crippen LogP contribution in [-0.2, 0) is 27.2 Å². The summed E-state index contributed by atoms with van der Waals surface area (Å²) in [5, 5.41) is 3.05. The smallest absolute Gasteiger partial charge is 0.331 e. The van der Waals surface area contributed by atoms with Crippen molar-refractivity contribution in [3.8, 4) is 5.75 Å². The van der Waals surface area contributed by atoms with Crippen LogP contribution in [-0.4, -0.2) is 24.6 Å². The summed E-state index contributed by atoms with van der Waals surface area (Å²) in [6, 6.07) is 13.5. The van der Waals surface area contributed by atoms with Crippen molar-refractivity contribution in [2.75, 3.05) is 12.4 Å². The van der Waals surface area contributed by atoms with Crippen LogP contribution in [0.2, 0.25) is 0 Å². The first-order valence-corrected chi connectivity index (χ1v) is 11.2. The minimum absolute atomic E-state index is 0.0652. The van der Waals surface area contributed by atoms with E-state index in [1.165, 1.54) is 11.6 Å². The van der Waals surface area contributed by atoms with Crippen LogP contribution in [0.25, 0.3) is 6.08 Å². The Hall–Kier alpha value is -3.34. The molecule has 0 saturated carbocycles. The predicted octanol–water partition coefficient (Wildman–Crippen LogP) is 6.13. The van der Waals surface area contributed by atoms with E-state index >= 15 is 0 Å². The summed E-state index contributed by atoms with van der Waals surface area (Å²) in [6.07, 6.45) is 6.91. The van der Waals surface area contributed by atoms with E-state index < -0.39 is 11.6 Å². The molecule has 0 heterocycles. The third-order valence-corrected chi connectivity index (χ3v) is 4.73. The first-order chi connectivity index (χ1) is 15.6. The maximum atomic E-state index is 12.7. The van der Waals surface area contributed by atoms with Gasteiger partial charge in [0.15, 0.2) is 0 Å². The number of aryl methyl sites for hydroxylation is 1. The number of hydrogen-bond acceptors (Lipinski definition) is 4. The number of carbonyl (C=O) groups excluding carboxylic acids is 2. The second-order valence-electron chi connectivity index (χ2n) is 9.17. The lowest BCUT2D eigenvalue weighted by Gasteiger charge is -2.18. The zero-order chi connectivity index (χ0) is 24.4. The van der Waals surface area contributed by atoms with Gasteiger partial charge in [0, 0.05) is 18.2 Å². The second-order valence-corrected chi connectivity index (χ2v) is 9.17. The molecule has 0 fully saturated rings. The number of hydrogen-bond donors (Lipinski definition) is 1. The van der Waals surface area contributed by atoms with E-state index in [0.717, 1.165) is 28.1 Å². The highest BCUT2D eigenvalue weighted by atomic mass is 16.6. The molecule has 0 spiro atoms. The fraction of sp³-hybridized carbons (Fsp3) is 0.357. The van der Waals surface area contributed by atoms with Crippen LogP contribution in [0.1, 0.15) is 57.7 Å². The Bertz CT molecular complexity index is 1020. The van der Waals surface area contributed by atoms with Crippen LogP contribution in [0.15, 0.2) is 60.2 Å². The van der Waals surface area contributed by atoms with Crippen LogP contribution in [0.5, 0.6) is 5.75 Å². The van der Waals surface area contributed by atoms with Gasteiger partial charge in [0.25, 0.3) is 0 Å². The molecule has 0 radical (unpaired) electrons. The normalized spacial score (nSPS) is 11.2. The van der Waals surface area contributed by atoms with Gasteiger partial charge in [-0.05, 0) is 88.4 Å². The number of amides is 1. The van der Waals surface area contributed by atoms with Gasteiger partial charge in [-0.2, -0.15) is 0 Å². The number of ether oxygens (including phenoxy) is 2. The molecule has 5 heteroatoms. The van der Waals surface area contributed by atoms with Crippen molar-refractivity contribution in [2.45, 2.75) is 59.5 Å². The molecule has 1 N–H and O–H groups in total. The van der Waals surface area contributed by atoms with Gasteiger partial charge >= 0.3 is 5.97 Å². The highest BCUT2D eigenvalue weighted by Crippen LogP contribution is 2.22. The van der Waals surface area contributed by atoms with Crippen molar-refractivity contribution < 1.29 is 19.1 Å². The van der Waals surface area contributed by atoms with Crippen LogP contribution < -0.4 is 10.1 Å². The maximum Gasteiger partial charge on any atom is 0.331 e. The number of anilines is 1. The molecule has 2 aromatic rings. The van der Waals surface area contributed by atoms with Gasteiger partial charge in [0.1, 0.15) is 11.4 Å². The first kappa shape index (κ1) is 25.9. The van der Waals surface area contributed by atoms with Crippen molar-refractivity contribution in [3.63, 3.8) is 0 Å². The number of rotatable bonds is 9. The van der Waals surface area contributed by atoms with E-state index in [1.54, 1.807) is 13.2 Å². The Kier molecular flexibility index (Phi) is 9.46. The number of methoxy groups -OCH3 is 1. The van der Waals surface area contributed by atoms with Gasteiger partial charge in [-0.25, -0.2) is 4.79 Å². The second kappa shape index (κ2) is 12.0. The molecule has 0 aromatic heterocycles. The lowest BCUT2D eigenvalue weighted by Crippen LogP contribution is -2.22. The summed E-state index contributed by atoms with van der Waals surface area (Å²) in [7, 11) is 1.63. The number of benzene rings is 2. The number of nitrogens with one attached hydrogen (secondary N) is 1. The van der Waals surface area contributed by atoms with E-state index in [9.17, 15) is 9.59 Å². The molecule has 176 valence electrons. The molecule has 0 bridgehead atoms. The van der Waals surface area contributed by atoms with E-state index in [4.69, 9.17) is 9.47 Å². The van der Waals surface area contributed by atoms with Gasteiger partial charge < -0.3 is 14.8 Å². The molecule has 0 aliphatic carbocycles. The Morgan fingerprint density at radius 2 is 1.82 bits per heavy atom. The van der Waals surface area contributed by atoms with E-state index in [0.29, 0.717) is 19.3 Å². The minimum atomic E-state index is -0.544. The van der Waals surface area contributed by atoms with Crippen molar-refractivity contribution in [3.05, 3.63) is 76.9 Å². The van der Waals surface area contributed by atoms with E-state index in [2.05, 4.69) is 11.4 Å². The average molecular weight is 450 g/mol. The first-order valence-electron chi connectivity index (χ1n) is 11.2. The van der Waals surface area contributed by atoms with Gasteiger partial charge in [-0.3, -0.25) is 4.79 Å². The van der Waals surface area contributed by atoms with Crippen molar-refractivity contribution in [1.82, 2.24) is 0 Å². The third-order valence-electron chi connectivity index (χ3n) is 4.73. The molecule has 2 rings (SSSR count). The fourth-order valence-electron chi connectivity index (χ4n) is 3.10. The summed E-state index contributed by atoms with van der Waals surface area (Å²) >= 11 is 0. The number of carbonyl (C=O) groups is 2. The van der Waals surface area contributed by atoms with Crippen LogP contribution in [0.3, 0.4) is 0 Å². The third kappa shape index (κ3) is 9.77. The monoisotopic (exact) mass is 449 g/mol. The summed E-state index contributed by atoms with van der Waals surface area (Å²) in [5.74, 6) is 0.311. The lowest BCUT2D eigenvalue weighted by atomic mass is 10.0. The average Bonchev–Trinajstić information content (AvgIpc) is 2.74. The molecular formula is C28H35NO4. The zero-order valence-corrected chi connectivity index (χ0v) is 20.5. The SMILES string of the molecule is COc1cccc(CCC(=O)Nc2cc(/C=C/C(=O)OC(C)(C)C)ccc2CC=C(C)C)c1. The number of esters is 1. The number of allylic oxidation sites excluding steroid dienone is 2. The Morgan fingerprint density at radius 1 is 1.06 bits per heavy atom. The fourth-order valence-corrected chi connectivity index (χ4v) is 3.10. The standard InChI is InChI=1S/C28H35NO4/c1-20(2)10-14-23-15-11-22(13-17-27(31)33-28(3,4)5)19-25(23)29-26(30)16-12-21-8-7-9-24(18-21)32-6/h7-11,13,15,17-19H,12,14,16H2,1-6H3,(H,29,30)/b17-13+. The van der Waals surface area contributed by atoms with Gasteiger partial charge in [0.2, 0.25) is 5.91 Å². The molecule has 0 saturated heterocycles. The molecular weight excluding hydrogens is 414 g/mol. The van der Waals surface area contributed by atoms with Gasteiger partial charge in [-0.1, -0.05) is 35.9 Å². The summed E-state index contributed by atoms with van der Waals surface area (Å²) in [6.45, 7) is 9.58. The molecule has 5 nitrogen and oxygen atoms in total. The van der Waals surface area contributed by atoms with Crippen molar-refractivity contribution in [1.29, 1.82) is 0 Å². The topological polar surface area (TPSA) is 64.6 Å². The lowest BCUT2D eigenvalue weighted by molar-refractivity contribution is -0.148. The predicted molar refractivity (Wildman–Crippen MR) is 134 cm³/mol. The van der Waals surface area contributed by atoms with E-state index in [1.807, 2.05) is 77.1 Å². The van der Waals surface area contributed by atoms with E-state index in [-0.39, 0.29) is 5.91 Å². The van der Waals surface area contributed by atoms with Crippen molar-refractivity contribution >= 4 is 23.6 Å². The molecule has 0 aliphatic rings. The molecule has 1 amide bonds. The highest BCUT2D eigenvalue weighted by Gasteiger charge is 2.14. The summed E-state index contributed by atoms with van der Waals surface area (Å²) in [5.41, 5.74) is 4.28. The van der Waals surface area contributed by atoms with Gasteiger partial charge in [0.05, 0.1) is 7.11 Å². The summed E-state index contributed by atoms with van der Waals surface area (Å²) < 4.78 is 10.6. The molecule has 2 aromatic carbocycles. The van der Waals surface area contributed by atoms with Crippen LogP contribution in [0, 0.1) is 0 Å². The maximum absolute atomic E-state index is 12.7. The molecule has 0 unspecified atom stereocenters. The van der Waals surface area contributed by atoms with Crippen LogP contribution in [0.4, 0.5) is 5.69 Å². The Morgan fingerprint density at radius 3 is 2.48 bits per heavy atom. The van der Waals surface area contributed by atoms with Gasteiger partial charge in [-0.15, -0.1) is 0 Å².